The minimum atomic E-state index is -5.15. The summed E-state index contributed by atoms with van der Waals surface area (Å²) in [6.07, 6.45) is 0. The molecule has 3 amide bonds. The number of nitrogens with one attached hydrogen (secondary N) is 2. The summed E-state index contributed by atoms with van der Waals surface area (Å²) in [7, 11) is -3.16. The van der Waals surface area contributed by atoms with Crippen molar-refractivity contribution in [2.24, 2.45) is 5.16 Å². The van der Waals surface area contributed by atoms with E-state index < -0.39 is 63.4 Å². The van der Waals surface area contributed by atoms with Crippen LogP contribution >= 0.6 is 22.9 Å². The molecule has 1 fully saturated rings. The molecule has 0 aliphatic carbocycles. The Kier molecular flexibility index (Phi) is 11.4. The van der Waals surface area contributed by atoms with Gasteiger partial charge in [0.15, 0.2) is 16.9 Å². The van der Waals surface area contributed by atoms with E-state index in [9.17, 15) is 36.9 Å². The average Bonchev–Trinajstić information content (AvgIpc) is 3.26. The number of nitrogens with zero attached hydrogens (tertiary/aromatic N) is 3. The molecule has 1 saturated heterocycles. The van der Waals surface area contributed by atoms with Crippen LogP contribution in [0.3, 0.4) is 0 Å². The van der Waals surface area contributed by atoms with Gasteiger partial charge in [-0.05, 0) is 13.8 Å². The van der Waals surface area contributed by atoms with Gasteiger partial charge in [0.05, 0.1) is 14.2 Å². The number of rotatable bonds is 10. The van der Waals surface area contributed by atoms with Crippen molar-refractivity contribution in [3.63, 3.8) is 0 Å². The van der Waals surface area contributed by atoms with E-state index in [1.54, 1.807) is 0 Å². The number of hydrogen-bond acceptors (Lipinski definition) is 13. The van der Waals surface area contributed by atoms with Gasteiger partial charge in [-0.25, -0.2) is 14.6 Å². The third kappa shape index (κ3) is 7.59. The number of carbonyl (C=O) groups is 5. The topological polar surface area (TPSA) is 220 Å². The molecule has 2 atom stereocenters. The summed E-state index contributed by atoms with van der Waals surface area (Å²) in [5, 5.41) is 9.36. The van der Waals surface area contributed by atoms with E-state index in [-0.39, 0.29) is 52.0 Å². The summed E-state index contributed by atoms with van der Waals surface area (Å²) >= 11 is 6.30. The molecule has 3 N–H and O–H groups in total. The molecule has 200 valence electrons. The summed E-state index contributed by atoms with van der Waals surface area (Å²) in [6, 6.07) is -3.69. The van der Waals surface area contributed by atoms with Gasteiger partial charge in [0.1, 0.15) is 17.6 Å². The van der Waals surface area contributed by atoms with Crippen LogP contribution in [0.5, 0.6) is 0 Å². The van der Waals surface area contributed by atoms with Crippen LogP contribution in [0.15, 0.2) is 10.5 Å². The molecule has 20 heteroatoms. The van der Waals surface area contributed by atoms with Crippen LogP contribution in [-0.4, -0.2) is 95.4 Å². The first kappa shape index (κ1) is 32.7. The fourth-order valence-electron chi connectivity index (χ4n) is 2.66. The average molecular weight is 594 g/mol. The summed E-state index contributed by atoms with van der Waals surface area (Å²) in [5.41, 5.74) is -2.51. The van der Waals surface area contributed by atoms with Crippen LogP contribution < -0.4 is 40.2 Å². The Morgan fingerprint density at radius 2 is 1.92 bits per heavy atom. The van der Waals surface area contributed by atoms with Gasteiger partial charge in [0.2, 0.25) is 11.5 Å². The predicted octanol–water partition coefficient (Wildman–Crippen LogP) is -4.22. The standard InChI is InChI=1S/C17H20ClN5O11S2.Na.H/c1-17(2,15(28)33-4)34-22-9(7-6-35-16(19-7)20-8(24)5-18)12(25)21-10-11(14(27)32-3)23(13(10)26)36(29,30)31;;/h6,10-11H,5H2,1-4H3,(H,21,25)(H,19,20,24)(H,29,30,31);;/q;+1;-1/b22-9-;;. The Morgan fingerprint density at radius 1 is 1.30 bits per heavy atom. The van der Waals surface area contributed by atoms with E-state index in [1.165, 1.54) is 19.2 Å². The second kappa shape index (κ2) is 12.9. The van der Waals surface area contributed by atoms with Gasteiger partial charge in [-0.3, -0.25) is 18.9 Å². The van der Waals surface area contributed by atoms with E-state index >= 15 is 0 Å². The van der Waals surface area contributed by atoms with Crippen LogP contribution in [-0.2, 0) is 48.6 Å². The van der Waals surface area contributed by atoms with Crippen molar-refractivity contribution >= 4 is 73.7 Å². The van der Waals surface area contributed by atoms with Crippen LogP contribution in [0.2, 0.25) is 0 Å². The second-order valence-corrected chi connectivity index (χ2v) is 9.70. The van der Waals surface area contributed by atoms with Gasteiger partial charge in [0, 0.05) is 5.38 Å². The summed E-state index contributed by atoms with van der Waals surface area (Å²) in [5.74, 6) is -5.63. The molecule has 2 unspecified atom stereocenters. The third-order valence-electron chi connectivity index (χ3n) is 4.40. The molecule has 1 aromatic heterocycles. The molecule has 1 aromatic rings. The van der Waals surface area contributed by atoms with Crippen molar-refractivity contribution in [3.8, 4) is 0 Å². The van der Waals surface area contributed by atoms with E-state index in [1.807, 2.05) is 0 Å². The van der Waals surface area contributed by atoms with Crippen molar-refractivity contribution in [1.29, 1.82) is 0 Å². The first-order valence-electron chi connectivity index (χ1n) is 9.53. The maximum atomic E-state index is 13.0. The van der Waals surface area contributed by atoms with Gasteiger partial charge in [-0.2, -0.15) is 12.7 Å². The molecule has 1 aliphatic rings. The number of amides is 3. The molecule has 0 saturated carbocycles. The molecular weight excluding hydrogens is 573 g/mol. The quantitative estimate of drug-likeness (QED) is 0.0447. The van der Waals surface area contributed by atoms with Crippen LogP contribution in [0.4, 0.5) is 5.13 Å². The van der Waals surface area contributed by atoms with Crippen molar-refractivity contribution in [1.82, 2.24) is 14.6 Å². The maximum absolute atomic E-state index is 13.0. The number of aromatic nitrogens is 1. The first-order valence-corrected chi connectivity index (χ1v) is 12.3. The number of esters is 2. The molecule has 2 heterocycles. The van der Waals surface area contributed by atoms with Gasteiger partial charge in [0.25, 0.3) is 11.8 Å². The number of methoxy groups -OCH3 is 2. The molecule has 0 spiro atoms. The van der Waals surface area contributed by atoms with Crippen molar-refractivity contribution in [3.05, 3.63) is 11.1 Å². The number of carbonyl (C=O) groups excluding carboxylic acids is 5. The third-order valence-corrected chi connectivity index (χ3v) is 6.31. The Labute approximate surface area is 242 Å². The Balaban J connectivity index is 0.00000684. The van der Waals surface area contributed by atoms with E-state index in [4.69, 9.17) is 16.4 Å². The maximum Gasteiger partial charge on any atom is 1.00 e. The van der Waals surface area contributed by atoms with Crippen LogP contribution in [0.25, 0.3) is 0 Å². The molecule has 37 heavy (non-hydrogen) atoms. The van der Waals surface area contributed by atoms with E-state index in [0.29, 0.717) is 0 Å². The SMILES string of the molecule is COC(=O)C1C(NC(=O)/C(=N\OC(C)(C)C(=O)OC)c2csc(NC(=O)CCl)n2)C(=O)N1S(=O)(=O)O.[H-].[Na+]. The zero-order valence-corrected chi connectivity index (χ0v) is 24.4. The minimum Gasteiger partial charge on any atom is -1.00 e. The molecular formula is C17H21ClN5NaO11S2. The second-order valence-electron chi connectivity index (χ2n) is 7.28. The fraction of sp³-hybridized carbons (Fsp3) is 0.471. The molecule has 0 radical (unpaired) electrons. The van der Waals surface area contributed by atoms with Crippen molar-refractivity contribution < 1.29 is 82.2 Å². The molecule has 0 bridgehead atoms. The zero-order valence-electron chi connectivity index (χ0n) is 21.0. The summed E-state index contributed by atoms with van der Waals surface area (Å²) in [4.78, 5) is 69.9. The van der Waals surface area contributed by atoms with Crippen molar-refractivity contribution in [2.75, 3.05) is 25.4 Å². The van der Waals surface area contributed by atoms with E-state index in [0.717, 1.165) is 25.6 Å². The first-order chi connectivity index (χ1) is 16.7. The Bertz CT molecular complexity index is 1230. The number of alkyl halides is 1. The molecule has 16 nitrogen and oxygen atoms in total. The normalized spacial score (nSPS) is 17.6. The zero-order chi connectivity index (χ0) is 27.4. The van der Waals surface area contributed by atoms with Gasteiger partial charge < -0.3 is 26.4 Å². The number of anilines is 1. The Hall–Kier alpha value is -2.35. The minimum absolute atomic E-state index is 0. The van der Waals surface area contributed by atoms with Gasteiger partial charge in [-0.1, -0.05) is 5.16 Å². The number of hydrogen-bond donors (Lipinski definition) is 3. The smallest absolute Gasteiger partial charge is 1.00 e. The van der Waals surface area contributed by atoms with Gasteiger partial charge >= 0.3 is 51.8 Å². The van der Waals surface area contributed by atoms with Gasteiger partial charge in [-0.15, -0.1) is 22.9 Å². The molecule has 2 rings (SSSR count). The monoisotopic (exact) mass is 593 g/mol. The number of oxime groups is 1. The summed E-state index contributed by atoms with van der Waals surface area (Å²) < 4.78 is 41.0. The van der Waals surface area contributed by atoms with Crippen LogP contribution in [0.1, 0.15) is 21.0 Å². The Morgan fingerprint density at radius 3 is 2.43 bits per heavy atom. The van der Waals surface area contributed by atoms with Crippen molar-refractivity contribution in [2.45, 2.75) is 31.5 Å². The number of halogens is 1. The van der Waals surface area contributed by atoms with Crippen LogP contribution in [0, 0.1) is 0 Å². The number of β-lactam (4-membered cyclic amide) rings is 1. The number of ether oxygens (including phenoxy) is 2. The van der Waals surface area contributed by atoms with E-state index in [2.05, 4.69) is 30.2 Å². The number of thiazole rings is 1. The largest absolute Gasteiger partial charge is 1.00 e. The fourth-order valence-corrected chi connectivity index (χ4v) is 4.28. The summed E-state index contributed by atoms with van der Waals surface area (Å²) in [6.45, 7) is 2.55. The molecule has 1 aliphatic heterocycles. The predicted molar refractivity (Wildman–Crippen MR) is 122 cm³/mol. The molecule has 0 aromatic carbocycles.